The van der Waals surface area contributed by atoms with Gasteiger partial charge in [0.05, 0.1) is 11.9 Å². The molecule has 0 aromatic heterocycles. The molecular weight excluding hydrogens is 412 g/mol. The van der Waals surface area contributed by atoms with Gasteiger partial charge in [0.2, 0.25) is 10.0 Å². The number of aryl methyl sites for hydroxylation is 1. The quantitative estimate of drug-likeness (QED) is 0.665. The van der Waals surface area contributed by atoms with Gasteiger partial charge in [0, 0.05) is 24.2 Å². The molecule has 4 rings (SSSR count). The number of anilines is 2. The van der Waals surface area contributed by atoms with Crippen molar-refractivity contribution in [1.82, 2.24) is 0 Å². The summed E-state index contributed by atoms with van der Waals surface area (Å²) < 4.78 is 32.0. The number of amides is 1. The Morgan fingerprint density at radius 3 is 2.48 bits per heavy atom. The first-order chi connectivity index (χ1) is 14.8. The lowest BCUT2D eigenvalue weighted by Gasteiger charge is -2.21. The highest BCUT2D eigenvalue weighted by Crippen LogP contribution is 2.35. The van der Waals surface area contributed by atoms with Gasteiger partial charge in [-0.15, -0.1) is 0 Å². The molecule has 3 aromatic carbocycles. The molecular formula is C24H24N2O4S. The maximum atomic E-state index is 13.1. The van der Waals surface area contributed by atoms with Crippen LogP contribution >= 0.6 is 0 Å². The summed E-state index contributed by atoms with van der Waals surface area (Å²) in [5.41, 5.74) is 3.94. The van der Waals surface area contributed by atoms with Gasteiger partial charge in [0.1, 0.15) is 5.75 Å². The SMILES string of the molecule is Cc1ccc2c(c1)N(S(C)(=O)=O)CC[C@@H](C(=O)Nc1ccccc1-c1ccccc1)O2. The Labute approximate surface area is 182 Å². The van der Waals surface area contributed by atoms with Crippen molar-refractivity contribution in [2.75, 3.05) is 22.4 Å². The summed E-state index contributed by atoms with van der Waals surface area (Å²) in [6.45, 7) is 2.05. The Bertz CT molecular complexity index is 1210. The molecule has 31 heavy (non-hydrogen) atoms. The fraction of sp³-hybridized carbons (Fsp3) is 0.208. The molecule has 0 fully saturated rings. The summed E-state index contributed by atoms with van der Waals surface area (Å²) in [6, 6.07) is 22.7. The van der Waals surface area contributed by atoms with Crippen molar-refractivity contribution in [3.8, 4) is 16.9 Å². The van der Waals surface area contributed by atoms with Crippen LogP contribution in [-0.4, -0.2) is 33.2 Å². The van der Waals surface area contributed by atoms with E-state index in [9.17, 15) is 13.2 Å². The predicted molar refractivity (Wildman–Crippen MR) is 123 cm³/mol. The number of nitrogens with zero attached hydrogens (tertiary/aromatic N) is 1. The van der Waals surface area contributed by atoms with E-state index in [0.29, 0.717) is 17.1 Å². The molecule has 6 nitrogen and oxygen atoms in total. The molecule has 0 unspecified atom stereocenters. The van der Waals surface area contributed by atoms with Crippen LogP contribution in [0.4, 0.5) is 11.4 Å². The standard InChI is InChI=1S/C24H24N2O4S/c1-17-12-13-22-21(16-17)26(31(2,28)29)15-14-23(30-22)24(27)25-20-11-7-6-10-19(20)18-8-4-3-5-9-18/h3-13,16,23H,14-15H2,1-2H3,(H,25,27)/t23-/m0/s1. The predicted octanol–water partition coefficient (Wildman–Crippen LogP) is 4.22. The molecule has 1 aliphatic heterocycles. The normalized spacial score (nSPS) is 16.1. The van der Waals surface area contributed by atoms with Crippen LogP contribution in [0.3, 0.4) is 0 Å². The van der Waals surface area contributed by atoms with Crippen molar-refractivity contribution in [3.63, 3.8) is 0 Å². The number of carbonyl (C=O) groups excluding carboxylic acids is 1. The number of carbonyl (C=O) groups is 1. The number of fused-ring (bicyclic) bond motifs is 1. The number of para-hydroxylation sites is 1. The molecule has 1 atom stereocenters. The number of hydrogen-bond donors (Lipinski definition) is 1. The molecule has 1 aliphatic rings. The number of benzene rings is 3. The molecule has 0 saturated heterocycles. The highest BCUT2D eigenvalue weighted by atomic mass is 32.2. The molecule has 160 valence electrons. The summed E-state index contributed by atoms with van der Waals surface area (Å²) in [6.07, 6.45) is 0.576. The summed E-state index contributed by atoms with van der Waals surface area (Å²) in [5.74, 6) is 0.0651. The van der Waals surface area contributed by atoms with Gasteiger partial charge in [-0.2, -0.15) is 0 Å². The maximum absolute atomic E-state index is 13.1. The topological polar surface area (TPSA) is 75.7 Å². The van der Waals surface area contributed by atoms with Gasteiger partial charge in [-0.3, -0.25) is 9.10 Å². The largest absolute Gasteiger partial charge is 0.478 e. The fourth-order valence-corrected chi connectivity index (χ4v) is 4.63. The van der Waals surface area contributed by atoms with Crippen molar-refractivity contribution in [2.24, 2.45) is 0 Å². The van der Waals surface area contributed by atoms with Crippen LogP contribution in [0.5, 0.6) is 5.75 Å². The van der Waals surface area contributed by atoms with Gasteiger partial charge in [-0.05, 0) is 36.2 Å². The smallest absolute Gasteiger partial charge is 0.265 e. The third kappa shape index (κ3) is 4.56. The summed E-state index contributed by atoms with van der Waals surface area (Å²) in [7, 11) is -3.51. The van der Waals surface area contributed by atoms with E-state index in [1.54, 1.807) is 12.1 Å². The van der Waals surface area contributed by atoms with Gasteiger partial charge in [-0.25, -0.2) is 8.42 Å². The monoisotopic (exact) mass is 436 g/mol. The Morgan fingerprint density at radius 1 is 1.03 bits per heavy atom. The van der Waals surface area contributed by atoms with Crippen LogP contribution in [0.1, 0.15) is 12.0 Å². The molecule has 1 amide bonds. The third-order valence-electron chi connectivity index (χ3n) is 5.21. The first-order valence-electron chi connectivity index (χ1n) is 10.0. The number of sulfonamides is 1. The van der Waals surface area contributed by atoms with Crippen molar-refractivity contribution < 1.29 is 17.9 Å². The first kappa shape index (κ1) is 20.9. The van der Waals surface area contributed by atoms with Crippen LogP contribution in [0.2, 0.25) is 0 Å². The van der Waals surface area contributed by atoms with E-state index in [1.165, 1.54) is 4.31 Å². The molecule has 1 N–H and O–H groups in total. The molecule has 0 radical (unpaired) electrons. The van der Waals surface area contributed by atoms with Crippen molar-refractivity contribution in [3.05, 3.63) is 78.4 Å². The molecule has 1 heterocycles. The zero-order chi connectivity index (χ0) is 22.0. The maximum Gasteiger partial charge on any atom is 0.265 e. The van der Waals surface area contributed by atoms with Crippen LogP contribution in [0.25, 0.3) is 11.1 Å². The van der Waals surface area contributed by atoms with E-state index in [1.807, 2.05) is 67.6 Å². The summed E-state index contributed by atoms with van der Waals surface area (Å²) in [5, 5.41) is 2.97. The van der Waals surface area contributed by atoms with E-state index in [4.69, 9.17) is 4.74 Å². The number of ether oxygens (including phenoxy) is 1. The van der Waals surface area contributed by atoms with Crippen molar-refractivity contribution in [1.29, 1.82) is 0 Å². The van der Waals surface area contributed by atoms with Gasteiger partial charge in [-0.1, -0.05) is 54.6 Å². The Kier molecular flexibility index (Phi) is 5.69. The Hall–Kier alpha value is -3.32. The van der Waals surface area contributed by atoms with Crippen LogP contribution in [-0.2, 0) is 14.8 Å². The Balaban J connectivity index is 1.62. The second-order valence-electron chi connectivity index (χ2n) is 7.60. The molecule has 0 spiro atoms. The zero-order valence-electron chi connectivity index (χ0n) is 17.4. The molecule has 3 aromatic rings. The van der Waals surface area contributed by atoms with Gasteiger partial charge >= 0.3 is 0 Å². The minimum atomic E-state index is -3.51. The van der Waals surface area contributed by atoms with Gasteiger partial charge in [0.25, 0.3) is 5.91 Å². The lowest BCUT2D eigenvalue weighted by molar-refractivity contribution is -0.122. The minimum absolute atomic E-state index is 0.160. The van der Waals surface area contributed by atoms with E-state index < -0.39 is 16.1 Å². The number of nitrogens with one attached hydrogen (secondary N) is 1. The van der Waals surface area contributed by atoms with Crippen molar-refractivity contribution >= 4 is 27.3 Å². The first-order valence-corrected chi connectivity index (χ1v) is 11.9. The highest BCUT2D eigenvalue weighted by molar-refractivity contribution is 7.92. The lowest BCUT2D eigenvalue weighted by atomic mass is 10.0. The average Bonchev–Trinajstić information content (AvgIpc) is 2.94. The minimum Gasteiger partial charge on any atom is -0.478 e. The number of rotatable bonds is 4. The van der Waals surface area contributed by atoms with Crippen LogP contribution < -0.4 is 14.4 Å². The van der Waals surface area contributed by atoms with Gasteiger partial charge < -0.3 is 10.1 Å². The second-order valence-corrected chi connectivity index (χ2v) is 9.51. The molecule has 0 bridgehead atoms. The van der Waals surface area contributed by atoms with Gasteiger partial charge in [0.15, 0.2) is 6.10 Å². The summed E-state index contributed by atoms with van der Waals surface area (Å²) >= 11 is 0. The highest BCUT2D eigenvalue weighted by Gasteiger charge is 2.31. The van der Waals surface area contributed by atoms with E-state index in [2.05, 4.69) is 5.32 Å². The van der Waals surface area contributed by atoms with Crippen LogP contribution in [0.15, 0.2) is 72.8 Å². The molecule has 0 aliphatic carbocycles. The van der Waals surface area contributed by atoms with Crippen molar-refractivity contribution in [2.45, 2.75) is 19.4 Å². The summed E-state index contributed by atoms with van der Waals surface area (Å²) in [4.78, 5) is 13.1. The third-order valence-corrected chi connectivity index (χ3v) is 6.39. The van der Waals surface area contributed by atoms with Crippen LogP contribution in [0, 0.1) is 6.92 Å². The van der Waals surface area contributed by atoms with E-state index in [-0.39, 0.29) is 18.9 Å². The fourth-order valence-electron chi connectivity index (χ4n) is 3.69. The average molecular weight is 437 g/mol. The molecule has 7 heteroatoms. The molecule has 0 saturated carbocycles. The lowest BCUT2D eigenvalue weighted by Crippen LogP contribution is -2.36. The second kappa shape index (κ2) is 8.43. The number of hydrogen-bond acceptors (Lipinski definition) is 4. The Morgan fingerprint density at radius 2 is 1.74 bits per heavy atom. The zero-order valence-corrected chi connectivity index (χ0v) is 18.2. The van der Waals surface area contributed by atoms with E-state index >= 15 is 0 Å². The van der Waals surface area contributed by atoms with E-state index in [0.717, 1.165) is 22.9 Å².